The highest BCUT2D eigenvalue weighted by molar-refractivity contribution is 5.37. The SMILES string of the molecule is Cc1ccc(C(C)C)cc1C(C)(C)CNCCC#N. The van der Waals surface area contributed by atoms with Gasteiger partial charge in [0, 0.05) is 24.9 Å². The van der Waals surface area contributed by atoms with Crippen LogP contribution in [-0.2, 0) is 5.41 Å². The zero-order valence-corrected chi connectivity index (χ0v) is 12.9. The molecule has 0 saturated heterocycles. The predicted molar refractivity (Wildman–Crippen MR) is 81.4 cm³/mol. The van der Waals surface area contributed by atoms with Crippen LogP contribution in [0.3, 0.4) is 0 Å². The Hall–Kier alpha value is -1.33. The highest BCUT2D eigenvalue weighted by Gasteiger charge is 2.22. The molecule has 0 radical (unpaired) electrons. The second-order valence-corrected chi connectivity index (χ2v) is 6.20. The molecule has 0 spiro atoms. The zero-order chi connectivity index (χ0) is 14.5. The third kappa shape index (κ3) is 4.36. The van der Waals surface area contributed by atoms with Crippen LogP contribution < -0.4 is 5.32 Å². The molecule has 19 heavy (non-hydrogen) atoms. The van der Waals surface area contributed by atoms with Crippen molar-refractivity contribution in [2.24, 2.45) is 0 Å². The summed E-state index contributed by atoms with van der Waals surface area (Å²) in [6.07, 6.45) is 0.571. The molecule has 1 aromatic carbocycles. The van der Waals surface area contributed by atoms with Gasteiger partial charge in [0.15, 0.2) is 0 Å². The molecule has 1 aromatic rings. The molecule has 0 bridgehead atoms. The highest BCUT2D eigenvalue weighted by atomic mass is 14.9. The third-order valence-electron chi connectivity index (χ3n) is 3.64. The van der Waals surface area contributed by atoms with Crippen LogP contribution in [0.1, 0.15) is 56.7 Å². The average Bonchev–Trinajstić information content (AvgIpc) is 2.34. The molecule has 0 unspecified atom stereocenters. The van der Waals surface area contributed by atoms with Crippen molar-refractivity contribution in [2.45, 2.75) is 52.4 Å². The van der Waals surface area contributed by atoms with Crippen LogP contribution in [0, 0.1) is 18.3 Å². The molecule has 0 amide bonds. The normalized spacial score (nSPS) is 11.6. The molecule has 104 valence electrons. The fourth-order valence-electron chi connectivity index (χ4n) is 2.37. The van der Waals surface area contributed by atoms with E-state index < -0.39 is 0 Å². The maximum Gasteiger partial charge on any atom is 0.0635 e. The number of benzene rings is 1. The van der Waals surface area contributed by atoms with Gasteiger partial charge in [-0.05, 0) is 29.5 Å². The van der Waals surface area contributed by atoms with E-state index in [-0.39, 0.29) is 5.41 Å². The first-order valence-electron chi connectivity index (χ1n) is 7.07. The maximum absolute atomic E-state index is 8.56. The molecular formula is C17H26N2. The Morgan fingerprint density at radius 2 is 2.00 bits per heavy atom. The minimum absolute atomic E-state index is 0.0877. The van der Waals surface area contributed by atoms with Gasteiger partial charge in [-0.2, -0.15) is 5.26 Å². The van der Waals surface area contributed by atoms with E-state index in [2.05, 4.69) is 64.2 Å². The van der Waals surface area contributed by atoms with E-state index in [0.29, 0.717) is 12.3 Å². The Kier molecular flexibility index (Phi) is 5.57. The van der Waals surface area contributed by atoms with Crippen molar-refractivity contribution >= 4 is 0 Å². The molecule has 0 aliphatic carbocycles. The third-order valence-corrected chi connectivity index (χ3v) is 3.64. The molecule has 0 heterocycles. The molecule has 0 aliphatic heterocycles. The van der Waals surface area contributed by atoms with Gasteiger partial charge in [-0.3, -0.25) is 0 Å². The van der Waals surface area contributed by atoms with Crippen molar-refractivity contribution in [3.05, 3.63) is 34.9 Å². The molecule has 1 N–H and O–H groups in total. The van der Waals surface area contributed by atoms with Crippen LogP contribution in [0.25, 0.3) is 0 Å². The number of hydrogen-bond acceptors (Lipinski definition) is 2. The van der Waals surface area contributed by atoms with Crippen LogP contribution in [0.15, 0.2) is 18.2 Å². The number of aryl methyl sites for hydroxylation is 1. The summed E-state index contributed by atoms with van der Waals surface area (Å²) in [5.74, 6) is 0.557. The highest BCUT2D eigenvalue weighted by Crippen LogP contribution is 2.28. The monoisotopic (exact) mass is 258 g/mol. The van der Waals surface area contributed by atoms with Crippen molar-refractivity contribution < 1.29 is 0 Å². The molecule has 2 nitrogen and oxygen atoms in total. The van der Waals surface area contributed by atoms with Crippen molar-refractivity contribution in [2.75, 3.05) is 13.1 Å². The molecule has 2 heteroatoms. The van der Waals surface area contributed by atoms with Gasteiger partial charge in [-0.1, -0.05) is 45.9 Å². The lowest BCUT2D eigenvalue weighted by Gasteiger charge is -2.28. The molecule has 0 aromatic heterocycles. The number of nitriles is 1. The molecule has 0 aliphatic rings. The summed E-state index contributed by atoms with van der Waals surface area (Å²) in [6.45, 7) is 12.8. The lowest BCUT2D eigenvalue weighted by molar-refractivity contribution is 0.470. The van der Waals surface area contributed by atoms with E-state index in [1.165, 1.54) is 16.7 Å². The zero-order valence-electron chi connectivity index (χ0n) is 12.9. The first kappa shape index (κ1) is 15.7. The van der Waals surface area contributed by atoms with Crippen LogP contribution in [0.2, 0.25) is 0 Å². The Labute approximate surface area is 117 Å². The fraction of sp³-hybridized carbons (Fsp3) is 0.588. The van der Waals surface area contributed by atoms with E-state index in [1.54, 1.807) is 0 Å². The Bertz CT molecular complexity index is 453. The summed E-state index contributed by atoms with van der Waals surface area (Å²) >= 11 is 0. The molecule has 0 saturated carbocycles. The van der Waals surface area contributed by atoms with Crippen molar-refractivity contribution in [3.8, 4) is 6.07 Å². The van der Waals surface area contributed by atoms with Gasteiger partial charge in [0.05, 0.1) is 6.07 Å². The summed E-state index contributed by atoms with van der Waals surface area (Å²) in [5, 5.41) is 11.9. The van der Waals surface area contributed by atoms with E-state index in [1.807, 2.05) is 0 Å². The van der Waals surface area contributed by atoms with Crippen LogP contribution in [0.4, 0.5) is 0 Å². The first-order valence-corrected chi connectivity index (χ1v) is 7.07. The van der Waals surface area contributed by atoms with E-state index in [4.69, 9.17) is 5.26 Å². The van der Waals surface area contributed by atoms with Gasteiger partial charge >= 0.3 is 0 Å². The van der Waals surface area contributed by atoms with Crippen LogP contribution in [0.5, 0.6) is 0 Å². The Morgan fingerprint density at radius 1 is 1.32 bits per heavy atom. The predicted octanol–water partition coefficient (Wildman–Crippen LogP) is 3.90. The molecule has 0 fully saturated rings. The van der Waals surface area contributed by atoms with Crippen LogP contribution in [-0.4, -0.2) is 13.1 Å². The molecule has 1 rings (SSSR count). The van der Waals surface area contributed by atoms with Gasteiger partial charge in [-0.25, -0.2) is 0 Å². The van der Waals surface area contributed by atoms with E-state index in [9.17, 15) is 0 Å². The van der Waals surface area contributed by atoms with Gasteiger partial charge in [-0.15, -0.1) is 0 Å². The summed E-state index contributed by atoms with van der Waals surface area (Å²) in [5.41, 5.74) is 4.23. The minimum Gasteiger partial charge on any atom is -0.315 e. The topological polar surface area (TPSA) is 35.8 Å². The minimum atomic E-state index is 0.0877. The average molecular weight is 258 g/mol. The van der Waals surface area contributed by atoms with Crippen molar-refractivity contribution in [1.82, 2.24) is 5.32 Å². The fourth-order valence-corrected chi connectivity index (χ4v) is 2.37. The van der Waals surface area contributed by atoms with Gasteiger partial charge in [0.25, 0.3) is 0 Å². The standard InChI is InChI=1S/C17H26N2/c1-13(2)15-8-7-14(3)16(11-15)17(4,5)12-19-10-6-9-18/h7-8,11,13,19H,6,10,12H2,1-5H3. The lowest BCUT2D eigenvalue weighted by Crippen LogP contribution is -2.34. The number of nitrogens with one attached hydrogen (secondary N) is 1. The smallest absolute Gasteiger partial charge is 0.0635 e. The number of rotatable bonds is 6. The maximum atomic E-state index is 8.56. The summed E-state index contributed by atoms with van der Waals surface area (Å²) < 4.78 is 0. The number of nitrogens with zero attached hydrogens (tertiary/aromatic N) is 1. The van der Waals surface area contributed by atoms with Gasteiger partial charge in [0.2, 0.25) is 0 Å². The van der Waals surface area contributed by atoms with E-state index >= 15 is 0 Å². The lowest BCUT2D eigenvalue weighted by atomic mass is 9.80. The van der Waals surface area contributed by atoms with Gasteiger partial charge < -0.3 is 5.32 Å². The van der Waals surface area contributed by atoms with Crippen LogP contribution >= 0.6 is 0 Å². The van der Waals surface area contributed by atoms with Gasteiger partial charge in [0.1, 0.15) is 0 Å². The summed E-state index contributed by atoms with van der Waals surface area (Å²) in [4.78, 5) is 0. The Morgan fingerprint density at radius 3 is 2.58 bits per heavy atom. The second-order valence-electron chi connectivity index (χ2n) is 6.20. The summed E-state index contributed by atoms with van der Waals surface area (Å²) in [7, 11) is 0. The Balaban J connectivity index is 2.87. The van der Waals surface area contributed by atoms with E-state index in [0.717, 1.165) is 13.1 Å². The van der Waals surface area contributed by atoms with Crippen molar-refractivity contribution in [1.29, 1.82) is 5.26 Å². The number of hydrogen-bond donors (Lipinski definition) is 1. The molecule has 0 atom stereocenters. The summed E-state index contributed by atoms with van der Waals surface area (Å²) in [6, 6.07) is 8.95. The van der Waals surface area contributed by atoms with Crippen molar-refractivity contribution in [3.63, 3.8) is 0 Å². The largest absolute Gasteiger partial charge is 0.315 e. The molecular weight excluding hydrogens is 232 g/mol. The quantitative estimate of drug-likeness (QED) is 0.786. The first-order chi connectivity index (χ1) is 8.88. The second kappa shape index (κ2) is 6.73.